The van der Waals surface area contributed by atoms with Crippen molar-refractivity contribution < 1.29 is 17.9 Å². The third-order valence-electron chi connectivity index (χ3n) is 1.88. The van der Waals surface area contributed by atoms with Crippen molar-refractivity contribution >= 4 is 15.9 Å². The predicted molar refractivity (Wildman–Crippen MR) is 56.0 cm³/mol. The average Bonchev–Trinajstić information content (AvgIpc) is 2.26. The van der Waals surface area contributed by atoms with Crippen LogP contribution in [0.15, 0.2) is 23.1 Å². The van der Waals surface area contributed by atoms with Gasteiger partial charge in [-0.1, -0.05) is 0 Å². The number of nitrogens with one attached hydrogen (secondary N) is 1. The third kappa shape index (κ3) is 2.48. The minimum absolute atomic E-state index is 0.0782. The summed E-state index contributed by atoms with van der Waals surface area (Å²) < 4.78 is 27.0. The van der Waals surface area contributed by atoms with Crippen LogP contribution >= 0.6 is 0 Å². The molecule has 16 heavy (non-hydrogen) atoms. The molecule has 1 aromatic rings. The van der Waals surface area contributed by atoms with E-state index in [1.807, 2.05) is 5.43 Å². The molecule has 0 atom stereocenters. The maximum Gasteiger partial charge on any atom is 0.268 e. The summed E-state index contributed by atoms with van der Waals surface area (Å²) in [5, 5.41) is 4.93. The maximum atomic E-state index is 11.3. The molecule has 1 aromatic carbocycles. The normalized spacial score (nSPS) is 10.9. The monoisotopic (exact) mass is 245 g/mol. The van der Waals surface area contributed by atoms with Gasteiger partial charge >= 0.3 is 0 Å². The van der Waals surface area contributed by atoms with Crippen LogP contribution in [0.3, 0.4) is 0 Å². The summed E-state index contributed by atoms with van der Waals surface area (Å²) in [4.78, 5) is 11.1. The number of sulfonamides is 1. The Balaban J connectivity index is 3.33. The predicted octanol–water partition coefficient (Wildman–Crippen LogP) is -1.05. The largest absolute Gasteiger partial charge is 0.496 e. The highest BCUT2D eigenvalue weighted by Crippen LogP contribution is 2.21. The number of rotatable bonds is 3. The summed E-state index contributed by atoms with van der Waals surface area (Å²) in [7, 11) is -2.53. The van der Waals surface area contributed by atoms with Gasteiger partial charge in [-0.05, 0) is 12.1 Å². The lowest BCUT2D eigenvalue weighted by Gasteiger charge is -2.08. The molecule has 1 amide bonds. The number of methoxy groups -OCH3 is 1. The number of carbonyl (C=O) groups is 1. The first-order valence-electron chi connectivity index (χ1n) is 4.12. The number of hydrogen-bond donors (Lipinski definition) is 3. The van der Waals surface area contributed by atoms with E-state index in [0.717, 1.165) is 6.07 Å². The van der Waals surface area contributed by atoms with Gasteiger partial charge in [-0.25, -0.2) is 19.4 Å². The first-order valence-corrected chi connectivity index (χ1v) is 5.66. The molecule has 7 nitrogen and oxygen atoms in total. The standard InChI is InChI=1S/C8H11N3O4S/c1-15-7-4-5(16(10,13)14)2-3-6(7)8(12)11-9/h2-4H,9H2,1H3,(H,11,12)(H2,10,13,14). The second-order valence-corrected chi connectivity index (χ2v) is 4.44. The second kappa shape index (κ2) is 4.47. The Labute approximate surface area is 92.4 Å². The number of nitrogens with two attached hydrogens (primary N) is 2. The topological polar surface area (TPSA) is 125 Å². The molecular formula is C8H11N3O4S. The molecular weight excluding hydrogens is 234 g/mol. The zero-order chi connectivity index (χ0) is 12.3. The molecule has 0 aliphatic carbocycles. The van der Waals surface area contributed by atoms with Gasteiger partial charge < -0.3 is 4.74 Å². The third-order valence-corrected chi connectivity index (χ3v) is 2.79. The minimum Gasteiger partial charge on any atom is -0.496 e. The number of amides is 1. The summed E-state index contributed by atoms with van der Waals surface area (Å²) in [6.45, 7) is 0. The van der Waals surface area contributed by atoms with E-state index in [0.29, 0.717) is 0 Å². The lowest BCUT2D eigenvalue weighted by atomic mass is 10.2. The Morgan fingerprint density at radius 2 is 2.06 bits per heavy atom. The zero-order valence-electron chi connectivity index (χ0n) is 8.43. The summed E-state index contributed by atoms with van der Waals surface area (Å²) in [5.41, 5.74) is 2.04. The highest BCUT2D eigenvalue weighted by molar-refractivity contribution is 7.89. The van der Waals surface area contributed by atoms with E-state index >= 15 is 0 Å². The fraction of sp³-hybridized carbons (Fsp3) is 0.125. The molecule has 0 unspecified atom stereocenters. The van der Waals surface area contributed by atoms with Crippen LogP contribution < -0.4 is 21.1 Å². The van der Waals surface area contributed by atoms with Crippen LogP contribution in [0.4, 0.5) is 0 Å². The fourth-order valence-corrected chi connectivity index (χ4v) is 1.64. The molecule has 0 fully saturated rings. The summed E-state index contributed by atoms with van der Waals surface area (Å²) in [6.07, 6.45) is 0. The quantitative estimate of drug-likeness (QED) is 0.356. The lowest BCUT2D eigenvalue weighted by Crippen LogP contribution is -2.30. The van der Waals surface area contributed by atoms with Crippen molar-refractivity contribution in [2.45, 2.75) is 4.90 Å². The van der Waals surface area contributed by atoms with E-state index in [1.165, 1.54) is 19.2 Å². The number of ether oxygens (including phenoxy) is 1. The van der Waals surface area contributed by atoms with Crippen LogP contribution in [0.25, 0.3) is 0 Å². The molecule has 0 radical (unpaired) electrons. The van der Waals surface area contributed by atoms with Crippen molar-refractivity contribution in [3.8, 4) is 5.75 Å². The highest BCUT2D eigenvalue weighted by atomic mass is 32.2. The average molecular weight is 245 g/mol. The van der Waals surface area contributed by atoms with E-state index in [4.69, 9.17) is 15.7 Å². The molecule has 88 valence electrons. The maximum absolute atomic E-state index is 11.3. The summed E-state index contributed by atoms with van der Waals surface area (Å²) in [6, 6.07) is 3.61. The number of benzene rings is 1. The van der Waals surface area contributed by atoms with Gasteiger partial charge in [0.1, 0.15) is 5.75 Å². The number of carbonyl (C=O) groups excluding carboxylic acids is 1. The van der Waals surface area contributed by atoms with Gasteiger partial charge in [0.15, 0.2) is 0 Å². The van der Waals surface area contributed by atoms with Crippen molar-refractivity contribution in [3.63, 3.8) is 0 Å². The van der Waals surface area contributed by atoms with E-state index in [1.54, 1.807) is 0 Å². The number of hydrogen-bond acceptors (Lipinski definition) is 5. The Hall–Kier alpha value is -1.64. The van der Waals surface area contributed by atoms with Crippen molar-refractivity contribution in [2.24, 2.45) is 11.0 Å². The van der Waals surface area contributed by atoms with Crippen LogP contribution in [-0.2, 0) is 10.0 Å². The fourth-order valence-electron chi connectivity index (χ4n) is 1.11. The van der Waals surface area contributed by atoms with Crippen LogP contribution in [0.1, 0.15) is 10.4 Å². The van der Waals surface area contributed by atoms with Gasteiger partial charge in [-0.3, -0.25) is 10.2 Å². The van der Waals surface area contributed by atoms with Gasteiger partial charge in [-0.2, -0.15) is 0 Å². The molecule has 0 aromatic heterocycles. The van der Waals surface area contributed by atoms with Crippen LogP contribution in [0.2, 0.25) is 0 Å². The SMILES string of the molecule is COc1cc(S(N)(=O)=O)ccc1C(=O)NN. The zero-order valence-corrected chi connectivity index (χ0v) is 9.24. The van der Waals surface area contributed by atoms with Crippen molar-refractivity contribution in [1.29, 1.82) is 0 Å². The molecule has 5 N–H and O–H groups in total. The molecule has 8 heteroatoms. The Bertz CT molecular complexity index is 512. The number of nitrogen functional groups attached to an aromatic ring is 1. The van der Waals surface area contributed by atoms with E-state index in [-0.39, 0.29) is 16.2 Å². The van der Waals surface area contributed by atoms with E-state index in [9.17, 15) is 13.2 Å². The van der Waals surface area contributed by atoms with Crippen LogP contribution in [-0.4, -0.2) is 21.4 Å². The molecule has 0 spiro atoms. The first-order chi connectivity index (χ1) is 7.40. The molecule has 0 saturated heterocycles. The van der Waals surface area contributed by atoms with Crippen LogP contribution in [0, 0.1) is 0 Å². The van der Waals surface area contributed by atoms with Crippen molar-refractivity contribution in [3.05, 3.63) is 23.8 Å². The number of hydrazine groups is 1. The second-order valence-electron chi connectivity index (χ2n) is 2.88. The van der Waals surface area contributed by atoms with Crippen LogP contribution in [0.5, 0.6) is 5.75 Å². The van der Waals surface area contributed by atoms with Gasteiger partial charge in [0.2, 0.25) is 10.0 Å². The smallest absolute Gasteiger partial charge is 0.268 e. The molecule has 1 rings (SSSR count). The lowest BCUT2D eigenvalue weighted by molar-refractivity contribution is 0.0950. The molecule has 0 saturated carbocycles. The van der Waals surface area contributed by atoms with Crippen molar-refractivity contribution in [1.82, 2.24) is 5.43 Å². The summed E-state index contributed by atoms with van der Waals surface area (Å²) >= 11 is 0. The van der Waals surface area contributed by atoms with E-state index in [2.05, 4.69) is 0 Å². The highest BCUT2D eigenvalue weighted by Gasteiger charge is 2.15. The Morgan fingerprint density at radius 3 is 2.50 bits per heavy atom. The molecule has 0 bridgehead atoms. The minimum atomic E-state index is -3.83. The molecule has 0 aliphatic rings. The molecule has 0 heterocycles. The van der Waals surface area contributed by atoms with Gasteiger partial charge in [-0.15, -0.1) is 0 Å². The summed E-state index contributed by atoms with van der Waals surface area (Å²) in [5.74, 6) is 4.45. The Kier molecular flexibility index (Phi) is 3.48. The van der Waals surface area contributed by atoms with Gasteiger partial charge in [0.05, 0.1) is 17.6 Å². The Morgan fingerprint density at radius 1 is 1.44 bits per heavy atom. The molecule has 0 aliphatic heterocycles. The van der Waals surface area contributed by atoms with Crippen molar-refractivity contribution in [2.75, 3.05) is 7.11 Å². The van der Waals surface area contributed by atoms with E-state index < -0.39 is 15.9 Å². The van der Waals surface area contributed by atoms with Gasteiger partial charge in [0, 0.05) is 6.07 Å². The number of primary sulfonamides is 1. The first kappa shape index (κ1) is 12.4. The van der Waals surface area contributed by atoms with Gasteiger partial charge in [0.25, 0.3) is 5.91 Å².